The first kappa shape index (κ1) is 19.0. The van der Waals surface area contributed by atoms with Gasteiger partial charge in [0, 0.05) is 12.1 Å². The van der Waals surface area contributed by atoms with Crippen LogP contribution in [-0.2, 0) is 4.79 Å². The van der Waals surface area contributed by atoms with E-state index < -0.39 is 6.04 Å². The Kier molecular flexibility index (Phi) is 7.59. The number of ether oxygens (including phenoxy) is 1. The number of carbonyl (C=O) groups excluding carboxylic acids is 2. The third-order valence-corrected chi connectivity index (χ3v) is 3.61. The van der Waals surface area contributed by atoms with Crippen molar-refractivity contribution < 1.29 is 14.3 Å². The number of benzene rings is 1. The van der Waals surface area contributed by atoms with E-state index in [1.54, 1.807) is 31.4 Å². The zero-order valence-electron chi connectivity index (χ0n) is 14.7. The van der Waals surface area contributed by atoms with E-state index in [4.69, 9.17) is 4.74 Å². The van der Waals surface area contributed by atoms with Gasteiger partial charge in [-0.15, -0.1) is 0 Å². The second-order valence-electron chi connectivity index (χ2n) is 6.40. The highest BCUT2D eigenvalue weighted by molar-refractivity contribution is 5.97. The standard InChI is InChI=1S/C18H28N2O3/c1-12(2)10-11-19-18(22)16(13(3)4)20-17(21)14-6-8-15(23-5)9-7-14/h6-9,12-13,16H,10-11H2,1-5H3,(H,19,22)(H,20,21)/t16-/m0/s1. The largest absolute Gasteiger partial charge is 0.497 e. The fourth-order valence-electron chi connectivity index (χ4n) is 2.10. The third kappa shape index (κ3) is 6.30. The molecule has 2 amide bonds. The molecule has 0 saturated heterocycles. The number of nitrogens with one attached hydrogen (secondary N) is 2. The molecule has 0 fully saturated rings. The van der Waals surface area contributed by atoms with E-state index in [2.05, 4.69) is 24.5 Å². The van der Waals surface area contributed by atoms with Gasteiger partial charge in [0.25, 0.3) is 5.91 Å². The lowest BCUT2D eigenvalue weighted by atomic mass is 10.0. The molecule has 0 unspecified atom stereocenters. The van der Waals surface area contributed by atoms with E-state index in [1.807, 2.05) is 13.8 Å². The lowest BCUT2D eigenvalue weighted by Gasteiger charge is -2.22. The van der Waals surface area contributed by atoms with Crippen molar-refractivity contribution in [2.45, 2.75) is 40.2 Å². The maximum absolute atomic E-state index is 12.3. The molecule has 0 saturated carbocycles. The predicted octanol–water partition coefficient (Wildman–Crippen LogP) is 2.61. The van der Waals surface area contributed by atoms with Gasteiger partial charge in [-0.1, -0.05) is 27.7 Å². The molecule has 1 aromatic rings. The molecule has 5 nitrogen and oxygen atoms in total. The Morgan fingerprint density at radius 3 is 2.17 bits per heavy atom. The number of methoxy groups -OCH3 is 1. The number of hydrogen-bond acceptors (Lipinski definition) is 3. The first-order chi connectivity index (χ1) is 10.8. The summed E-state index contributed by atoms with van der Waals surface area (Å²) in [6.45, 7) is 8.68. The summed E-state index contributed by atoms with van der Waals surface area (Å²) >= 11 is 0. The van der Waals surface area contributed by atoms with Gasteiger partial charge in [0.15, 0.2) is 0 Å². The summed E-state index contributed by atoms with van der Waals surface area (Å²) in [4.78, 5) is 24.6. The molecule has 0 bridgehead atoms. The topological polar surface area (TPSA) is 67.4 Å². The molecule has 0 radical (unpaired) electrons. The van der Waals surface area contributed by atoms with Gasteiger partial charge < -0.3 is 15.4 Å². The summed E-state index contributed by atoms with van der Waals surface area (Å²) in [7, 11) is 1.57. The number of hydrogen-bond donors (Lipinski definition) is 2. The zero-order valence-corrected chi connectivity index (χ0v) is 14.7. The van der Waals surface area contributed by atoms with Crippen molar-refractivity contribution in [2.24, 2.45) is 11.8 Å². The minimum absolute atomic E-state index is 0.0104. The van der Waals surface area contributed by atoms with Crippen LogP contribution in [0.2, 0.25) is 0 Å². The Labute approximate surface area is 138 Å². The van der Waals surface area contributed by atoms with Crippen molar-refractivity contribution in [3.05, 3.63) is 29.8 Å². The van der Waals surface area contributed by atoms with Crippen molar-refractivity contribution in [2.75, 3.05) is 13.7 Å². The average Bonchev–Trinajstić information content (AvgIpc) is 2.51. The minimum atomic E-state index is -0.545. The van der Waals surface area contributed by atoms with Crippen LogP contribution in [0.15, 0.2) is 24.3 Å². The molecular formula is C18H28N2O3. The van der Waals surface area contributed by atoms with Gasteiger partial charge in [0.2, 0.25) is 5.91 Å². The second kappa shape index (κ2) is 9.18. The highest BCUT2D eigenvalue weighted by Crippen LogP contribution is 2.12. The number of carbonyl (C=O) groups is 2. The first-order valence-electron chi connectivity index (χ1n) is 8.07. The van der Waals surface area contributed by atoms with Gasteiger partial charge in [0.1, 0.15) is 11.8 Å². The molecule has 5 heteroatoms. The number of amides is 2. The fourth-order valence-corrected chi connectivity index (χ4v) is 2.10. The van der Waals surface area contributed by atoms with Crippen LogP contribution in [0, 0.1) is 11.8 Å². The molecule has 0 aliphatic rings. The average molecular weight is 320 g/mol. The Bertz CT molecular complexity index is 510. The van der Waals surface area contributed by atoms with Crippen LogP contribution in [0.4, 0.5) is 0 Å². The van der Waals surface area contributed by atoms with Crippen LogP contribution in [0.1, 0.15) is 44.5 Å². The van der Waals surface area contributed by atoms with Gasteiger partial charge in [-0.25, -0.2) is 0 Å². The molecular weight excluding hydrogens is 292 g/mol. The van der Waals surface area contributed by atoms with Crippen molar-refractivity contribution in [1.29, 1.82) is 0 Å². The molecule has 1 atom stereocenters. The van der Waals surface area contributed by atoms with E-state index in [1.165, 1.54) is 0 Å². The van der Waals surface area contributed by atoms with E-state index in [9.17, 15) is 9.59 Å². The van der Waals surface area contributed by atoms with E-state index in [-0.39, 0.29) is 17.7 Å². The summed E-state index contributed by atoms with van der Waals surface area (Å²) in [5.41, 5.74) is 0.506. The van der Waals surface area contributed by atoms with Crippen LogP contribution >= 0.6 is 0 Å². The van der Waals surface area contributed by atoms with Gasteiger partial charge in [0.05, 0.1) is 7.11 Å². The SMILES string of the molecule is COc1ccc(C(=O)N[C@H](C(=O)NCCC(C)C)C(C)C)cc1. The van der Waals surface area contributed by atoms with Crippen molar-refractivity contribution in [3.63, 3.8) is 0 Å². The van der Waals surface area contributed by atoms with Gasteiger partial charge in [-0.3, -0.25) is 9.59 Å². The number of rotatable bonds is 8. The third-order valence-electron chi connectivity index (χ3n) is 3.61. The summed E-state index contributed by atoms with van der Waals surface area (Å²) in [6.07, 6.45) is 0.920. The molecule has 0 aliphatic carbocycles. The molecule has 1 rings (SSSR count). The lowest BCUT2D eigenvalue weighted by molar-refractivity contribution is -0.123. The molecule has 0 aromatic heterocycles. The Morgan fingerprint density at radius 1 is 1.09 bits per heavy atom. The van der Waals surface area contributed by atoms with Gasteiger partial charge >= 0.3 is 0 Å². The fraction of sp³-hybridized carbons (Fsp3) is 0.556. The van der Waals surface area contributed by atoms with Crippen molar-refractivity contribution >= 4 is 11.8 Å². The Balaban J connectivity index is 2.66. The summed E-state index contributed by atoms with van der Waals surface area (Å²) < 4.78 is 5.07. The van der Waals surface area contributed by atoms with Crippen molar-refractivity contribution in [3.8, 4) is 5.75 Å². The summed E-state index contributed by atoms with van der Waals surface area (Å²) in [5, 5.41) is 5.71. The summed E-state index contributed by atoms with van der Waals surface area (Å²) in [6, 6.07) is 6.27. The maximum Gasteiger partial charge on any atom is 0.251 e. The molecule has 1 aromatic carbocycles. The van der Waals surface area contributed by atoms with Crippen LogP contribution in [0.25, 0.3) is 0 Å². The highest BCUT2D eigenvalue weighted by Gasteiger charge is 2.24. The molecule has 0 heterocycles. The zero-order chi connectivity index (χ0) is 17.4. The lowest BCUT2D eigenvalue weighted by Crippen LogP contribution is -2.50. The Morgan fingerprint density at radius 2 is 1.70 bits per heavy atom. The highest BCUT2D eigenvalue weighted by atomic mass is 16.5. The van der Waals surface area contributed by atoms with E-state index in [0.717, 1.165) is 6.42 Å². The van der Waals surface area contributed by atoms with Gasteiger partial charge in [-0.05, 0) is 42.5 Å². The summed E-state index contributed by atoms with van der Waals surface area (Å²) in [5.74, 6) is 0.833. The van der Waals surface area contributed by atoms with Crippen LogP contribution in [0.3, 0.4) is 0 Å². The molecule has 128 valence electrons. The van der Waals surface area contributed by atoms with Crippen LogP contribution < -0.4 is 15.4 Å². The predicted molar refractivity (Wildman–Crippen MR) is 91.6 cm³/mol. The van der Waals surface area contributed by atoms with Crippen LogP contribution in [0.5, 0.6) is 5.75 Å². The van der Waals surface area contributed by atoms with Crippen LogP contribution in [-0.4, -0.2) is 31.5 Å². The monoisotopic (exact) mass is 320 g/mol. The van der Waals surface area contributed by atoms with Gasteiger partial charge in [-0.2, -0.15) is 0 Å². The van der Waals surface area contributed by atoms with E-state index in [0.29, 0.717) is 23.8 Å². The molecule has 0 aliphatic heterocycles. The Hall–Kier alpha value is -2.04. The smallest absolute Gasteiger partial charge is 0.251 e. The maximum atomic E-state index is 12.3. The molecule has 0 spiro atoms. The minimum Gasteiger partial charge on any atom is -0.497 e. The molecule has 2 N–H and O–H groups in total. The first-order valence-corrected chi connectivity index (χ1v) is 8.07. The molecule has 23 heavy (non-hydrogen) atoms. The van der Waals surface area contributed by atoms with Crippen molar-refractivity contribution in [1.82, 2.24) is 10.6 Å². The normalized spacial score (nSPS) is 12.1. The second-order valence-corrected chi connectivity index (χ2v) is 6.40. The van der Waals surface area contributed by atoms with E-state index >= 15 is 0 Å². The quantitative estimate of drug-likeness (QED) is 0.774.